The van der Waals surface area contributed by atoms with E-state index < -0.39 is 12.0 Å². The van der Waals surface area contributed by atoms with Gasteiger partial charge in [-0.3, -0.25) is 0 Å². The van der Waals surface area contributed by atoms with Gasteiger partial charge in [0.2, 0.25) is 0 Å². The Kier molecular flexibility index (Phi) is 3.60. The summed E-state index contributed by atoms with van der Waals surface area (Å²) in [4.78, 5) is 13.1. The van der Waals surface area contributed by atoms with Crippen LogP contribution in [0.25, 0.3) is 0 Å². The first kappa shape index (κ1) is 12.5. The highest BCUT2D eigenvalue weighted by Crippen LogP contribution is 2.34. The highest BCUT2D eigenvalue weighted by Gasteiger charge is 2.30. The minimum absolute atomic E-state index is 0.442. The molecule has 5 heteroatoms. The van der Waals surface area contributed by atoms with Crippen LogP contribution in [-0.4, -0.2) is 37.9 Å². The van der Waals surface area contributed by atoms with Gasteiger partial charge in [-0.2, -0.15) is 0 Å². The van der Waals surface area contributed by atoms with Gasteiger partial charge in [0, 0.05) is 18.3 Å². The average Bonchev–Trinajstić information content (AvgIpc) is 2.87. The molecule has 0 radical (unpaired) electrons. The molecule has 1 heterocycles. The summed E-state index contributed by atoms with van der Waals surface area (Å²) >= 11 is 0. The zero-order chi connectivity index (χ0) is 13.1. The van der Waals surface area contributed by atoms with Crippen LogP contribution < -0.4 is 14.4 Å². The molecule has 1 atom stereocenters. The highest BCUT2D eigenvalue weighted by atomic mass is 16.5. The lowest BCUT2D eigenvalue weighted by Gasteiger charge is -2.24. The van der Waals surface area contributed by atoms with Crippen LogP contribution >= 0.6 is 0 Å². The van der Waals surface area contributed by atoms with E-state index in [-0.39, 0.29) is 0 Å². The molecule has 18 heavy (non-hydrogen) atoms. The largest absolute Gasteiger partial charge is 0.493 e. The number of ether oxygens (including phenoxy) is 2. The molecule has 1 aliphatic rings. The van der Waals surface area contributed by atoms with Gasteiger partial charge in [0.25, 0.3) is 0 Å². The van der Waals surface area contributed by atoms with Gasteiger partial charge in [0.15, 0.2) is 11.5 Å². The molecule has 1 aliphatic heterocycles. The molecule has 0 aromatic heterocycles. The predicted octanol–water partition coefficient (Wildman–Crippen LogP) is 1.76. The maximum Gasteiger partial charge on any atom is 0.326 e. The Morgan fingerprint density at radius 1 is 1.33 bits per heavy atom. The van der Waals surface area contributed by atoms with Crippen LogP contribution in [0.15, 0.2) is 18.2 Å². The number of hydrogen-bond donors (Lipinski definition) is 1. The molecular weight excluding hydrogens is 234 g/mol. The summed E-state index contributed by atoms with van der Waals surface area (Å²) in [6.45, 7) is 0.756. The van der Waals surface area contributed by atoms with E-state index in [1.54, 1.807) is 20.3 Å². The Labute approximate surface area is 106 Å². The third-order valence-corrected chi connectivity index (χ3v) is 3.24. The first-order valence-electron chi connectivity index (χ1n) is 5.89. The molecule has 1 unspecified atom stereocenters. The Bertz CT molecular complexity index is 447. The van der Waals surface area contributed by atoms with Gasteiger partial charge in [-0.1, -0.05) is 0 Å². The number of nitrogens with zero attached hydrogens (tertiary/aromatic N) is 1. The number of rotatable bonds is 4. The van der Waals surface area contributed by atoms with Crippen molar-refractivity contribution in [1.82, 2.24) is 0 Å². The van der Waals surface area contributed by atoms with Crippen molar-refractivity contribution in [2.24, 2.45) is 0 Å². The fraction of sp³-hybridized carbons (Fsp3) is 0.462. The average molecular weight is 251 g/mol. The number of carboxylic acid groups (broad SMARTS) is 1. The van der Waals surface area contributed by atoms with E-state index in [0.29, 0.717) is 17.9 Å². The first-order chi connectivity index (χ1) is 8.67. The van der Waals surface area contributed by atoms with Crippen molar-refractivity contribution < 1.29 is 19.4 Å². The Morgan fingerprint density at radius 2 is 2.06 bits per heavy atom. The van der Waals surface area contributed by atoms with Gasteiger partial charge in [-0.05, 0) is 25.0 Å². The molecular formula is C13H17NO4. The second kappa shape index (κ2) is 5.16. The van der Waals surface area contributed by atoms with Crippen molar-refractivity contribution in [3.63, 3.8) is 0 Å². The number of benzene rings is 1. The molecule has 0 amide bonds. The summed E-state index contributed by atoms with van der Waals surface area (Å²) in [6.07, 6.45) is 1.58. The fourth-order valence-electron chi connectivity index (χ4n) is 2.34. The molecule has 98 valence electrons. The van der Waals surface area contributed by atoms with Crippen LogP contribution in [0.3, 0.4) is 0 Å². The second-order valence-electron chi connectivity index (χ2n) is 4.23. The highest BCUT2D eigenvalue weighted by molar-refractivity contribution is 5.79. The van der Waals surface area contributed by atoms with E-state index in [4.69, 9.17) is 9.47 Å². The molecule has 2 rings (SSSR count). The van der Waals surface area contributed by atoms with Gasteiger partial charge in [0.1, 0.15) is 6.04 Å². The smallest absolute Gasteiger partial charge is 0.326 e. The SMILES string of the molecule is COc1ccc(N2CCCC2C(=O)O)cc1OC. The van der Waals surface area contributed by atoms with Crippen molar-refractivity contribution in [3.8, 4) is 11.5 Å². The molecule has 0 saturated carbocycles. The topological polar surface area (TPSA) is 59.0 Å². The molecule has 1 N–H and O–H groups in total. The fourth-order valence-corrected chi connectivity index (χ4v) is 2.34. The molecule has 1 aromatic carbocycles. The van der Waals surface area contributed by atoms with Crippen LogP contribution in [0, 0.1) is 0 Å². The summed E-state index contributed by atoms with van der Waals surface area (Å²) in [6, 6.07) is 5.04. The van der Waals surface area contributed by atoms with Crippen molar-refractivity contribution in [1.29, 1.82) is 0 Å². The lowest BCUT2D eigenvalue weighted by atomic mass is 10.2. The monoisotopic (exact) mass is 251 g/mol. The first-order valence-corrected chi connectivity index (χ1v) is 5.89. The minimum Gasteiger partial charge on any atom is -0.493 e. The van der Waals surface area contributed by atoms with E-state index >= 15 is 0 Å². The van der Waals surface area contributed by atoms with Crippen molar-refractivity contribution in [2.75, 3.05) is 25.7 Å². The maximum absolute atomic E-state index is 11.2. The zero-order valence-corrected chi connectivity index (χ0v) is 10.5. The Morgan fingerprint density at radius 3 is 2.67 bits per heavy atom. The van der Waals surface area contributed by atoms with Gasteiger partial charge < -0.3 is 19.5 Å². The standard InChI is InChI=1S/C13H17NO4/c1-17-11-6-5-9(8-12(11)18-2)14-7-3-4-10(14)13(15)16/h5-6,8,10H,3-4,7H2,1-2H3,(H,15,16). The number of carbonyl (C=O) groups is 1. The van der Waals surface area contributed by atoms with E-state index in [1.165, 1.54) is 0 Å². The summed E-state index contributed by atoms with van der Waals surface area (Å²) in [5.41, 5.74) is 0.859. The summed E-state index contributed by atoms with van der Waals surface area (Å²) < 4.78 is 10.4. The molecule has 1 saturated heterocycles. The van der Waals surface area contributed by atoms with Gasteiger partial charge in [0.05, 0.1) is 14.2 Å². The third-order valence-electron chi connectivity index (χ3n) is 3.24. The predicted molar refractivity (Wildman–Crippen MR) is 67.5 cm³/mol. The molecule has 0 bridgehead atoms. The maximum atomic E-state index is 11.2. The van der Waals surface area contributed by atoms with Crippen LogP contribution in [-0.2, 0) is 4.79 Å². The summed E-state index contributed by atoms with van der Waals surface area (Å²) in [5.74, 6) is 0.487. The van der Waals surface area contributed by atoms with Crippen molar-refractivity contribution in [3.05, 3.63) is 18.2 Å². The number of methoxy groups -OCH3 is 2. The van der Waals surface area contributed by atoms with Crippen LogP contribution in [0.5, 0.6) is 11.5 Å². The zero-order valence-electron chi connectivity index (χ0n) is 10.5. The molecule has 0 aliphatic carbocycles. The van der Waals surface area contributed by atoms with E-state index in [2.05, 4.69) is 0 Å². The Hall–Kier alpha value is -1.91. The summed E-state index contributed by atoms with van der Waals surface area (Å²) in [7, 11) is 3.15. The van der Waals surface area contributed by atoms with Crippen molar-refractivity contribution >= 4 is 11.7 Å². The number of carboxylic acids is 1. The van der Waals surface area contributed by atoms with Crippen LogP contribution in [0.2, 0.25) is 0 Å². The van der Waals surface area contributed by atoms with Gasteiger partial charge >= 0.3 is 5.97 Å². The van der Waals surface area contributed by atoms with Gasteiger partial charge in [-0.15, -0.1) is 0 Å². The molecule has 1 fully saturated rings. The second-order valence-corrected chi connectivity index (χ2v) is 4.23. The molecule has 0 spiro atoms. The number of hydrogen-bond acceptors (Lipinski definition) is 4. The lowest BCUT2D eigenvalue weighted by molar-refractivity contribution is -0.138. The lowest BCUT2D eigenvalue weighted by Crippen LogP contribution is -2.35. The number of aliphatic carboxylic acids is 1. The Balaban J connectivity index is 2.30. The van der Waals surface area contributed by atoms with Crippen LogP contribution in [0.1, 0.15) is 12.8 Å². The normalized spacial score (nSPS) is 18.8. The molecule has 5 nitrogen and oxygen atoms in total. The van der Waals surface area contributed by atoms with Crippen LogP contribution in [0.4, 0.5) is 5.69 Å². The third kappa shape index (κ3) is 2.20. The summed E-state index contributed by atoms with van der Waals surface area (Å²) in [5, 5.41) is 9.17. The van der Waals surface area contributed by atoms with Crippen molar-refractivity contribution in [2.45, 2.75) is 18.9 Å². The van der Waals surface area contributed by atoms with E-state index in [1.807, 2.05) is 17.0 Å². The van der Waals surface area contributed by atoms with E-state index in [9.17, 15) is 9.90 Å². The van der Waals surface area contributed by atoms with Gasteiger partial charge in [-0.25, -0.2) is 4.79 Å². The molecule has 1 aromatic rings. The van der Waals surface area contributed by atoms with E-state index in [0.717, 1.165) is 18.7 Å². The number of anilines is 1. The quantitative estimate of drug-likeness (QED) is 0.883. The minimum atomic E-state index is -0.776.